The van der Waals surface area contributed by atoms with E-state index in [0.29, 0.717) is 0 Å². The highest BCUT2D eigenvalue weighted by Gasteiger charge is 2.16. The molecular weight excluding hydrogens is 154 g/mol. The van der Waals surface area contributed by atoms with Crippen molar-refractivity contribution in [1.82, 2.24) is 5.06 Å². The molecule has 0 aromatic heterocycles. The van der Waals surface area contributed by atoms with E-state index >= 15 is 0 Å². The molecule has 0 amide bonds. The van der Waals surface area contributed by atoms with E-state index in [-0.39, 0.29) is 6.29 Å². The van der Waals surface area contributed by atoms with Crippen LogP contribution in [0.2, 0.25) is 0 Å². The molecule has 72 valence electrons. The topological polar surface area (TPSA) is 21.7 Å². The van der Waals surface area contributed by atoms with Crippen LogP contribution in [0, 0.1) is 0 Å². The minimum atomic E-state index is -0.0342. The lowest BCUT2D eigenvalue weighted by atomic mass is 10.4. The monoisotopic (exact) mass is 173 g/mol. The van der Waals surface area contributed by atoms with Gasteiger partial charge in [-0.1, -0.05) is 6.92 Å². The van der Waals surface area contributed by atoms with Crippen molar-refractivity contribution in [3.8, 4) is 0 Å². The third kappa shape index (κ3) is 3.09. The van der Waals surface area contributed by atoms with Crippen LogP contribution < -0.4 is 0 Å². The third-order valence-electron chi connectivity index (χ3n) is 2.02. The summed E-state index contributed by atoms with van der Waals surface area (Å²) in [7, 11) is 0. The molecule has 0 radical (unpaired) electrons. The van der Waals surface area contributed by atoms with E-state index in [4.69, 9.17) is 9.57 Å². The second kappa shape index (κ2) is 5.51. The number of hydrogen-bond acceptors (Lipinski definition) is 3. The molecule has 1 aliphatic heterocycles. The lowest BCUT2D eigenvalue weighted by Crippen LogP contribution is -2.28. The smallest absolute Gasteiger partial charge is 0.177 e. The van der Waals surface area contributed by atoms with Crippen LogP contribution in [0.1, 0.15) is 33.1 Å². The van der Waals surface area contributed by atoms with Crippen molar-refractivity contribution in [3.63, 3.8) is 0 Å². The molecule has 0 aromatic carbocycles. The van der Waals surface area contributed by atoms with Crippen molar-refractivity contribution in [3.05, 3.63) is 0 Å². The molecule has 1 rings (SSSR count). The summed E-state index contributed by atoms with van der Waals surface area (Å²) in [5, 5.41) is 2.02. The average Bonchev–Trinajstić information content (AvgIpc) is 2.56. The van der Waals surface area contributed by atoms with Crippen LogP contribution in [-0.4, -0.2) is 31.0 Å². The maximum absolute atomic E-state index is 5.61. The molecule has 1 saturated heterocycles. The van der Waals surface area contributed by atoms with E-state index < -0.39 is 0 Å². The first kappa shape index (κ1) is 9.96. The van der Waals surface area contributed by atoms with Gasteiger partial charge in [-0.05, 0) is 26.2 Å². The van der Waals surface area contributed by atoms with E-state index in [1.807, 2.05) is 12.0 Å². The maximum Gasteiger partial charge on any atom is 0.177 e. The molecular formula is C9H19NO2. The second-order valence-corrected chi connectivity index (χ2v) is 3.03. The minimum absolute atomic E-state index is 0.0342. The van der Waals surface area contributed by atoms with E-state index in [1.165, 1.54) is 12.8 Å². The van der Waals surface area contributed by atoms with E-state index in [9.17, 15) is 0 Å². The van der Waals surface area contributed by atoms with Gasteiger partial charge < -0.3 is 4.74 Å². The highest BCUT2D eigenvalue weighted by atomic mass is 16.8. The van der Waals surface area contributed by atoms with Gasteiger partial charge in [0.2, 0.25) is 0 Å². The number of ether oxygens (including phenoxy) is 1. The van der Waals surface area contributed by atoms with Gasteiger partial charge in [-0.25, -0.2) is 0 Å². The Bertz CT molecular complexity index is 113. The average molecular weight is 173 g/mol. The number of hydrogen-bond donors (Lipinski definition) is 0. The Morgan fingerprint density at radius 3 is 2.42 bits per heavy atom. The first-order valence-corrected chi connectivity index (χ1v) is 4.90. The fourth-order valence-corrected chi connectivity index (χ4v) is 1.37. The van der Waals surface area contributed by atoms with Gasteiger partial charge in [0.05, 0.1) is 0 Å². The molecule has 0 aliphatic carbocycles. The predicted molar refractivity (Wildman–Crippen MR) is 47.6 cm³/mol. The van der Waals surface area contributed by atoms with Crippen molar-refractivity contribution >= 4 is 0 Å². The summed E-state index contributed by atoms with van der Waals surface area (Å²) in [6.07, 6.45) is 3.39. The molecule has 3 heteroatoms. The van der Waals surface area contributed by atoms with Crippen molar-refractivity contribution in [1.29, 1.82) is 0 Å². The Labute approximate surface area is 74.6 Å². The van der Waals surface area contributed by atoms with Gasteiger partial charge in [0.25, 0.3) is 0 Å². The minimum Gasteiger partial charge on any atom is -0.351 e. The Hall–Kier alpha value is -0.120. The lowest BCUT2D eigenvalue weighted by molar-refractivity contribution is -0.271. The summed E-state index contributed by atoms with van der Waals surface area (Å²) in [4.78, 5) is 5.61. The zero-order valence-corrected chi connectivity index (χ0v) is 8.08. The normalized spacial score (nSPS) is 21.5. The molecule has 0 N–H and O–H groups in total. The Kier molecular flexibility index (Phi) is 4.58. The van der Waals surface area contributed by atoms with Crippen molar-refractivity contribution < 1.29 is 9.57 Å². The summed E-state index contributed by atoms with van der Waals surface area (Å²) < 4.78 is 5.39. The number of nitrogens with zero attached hydrogens (tertiary/aromatic N) is 1. The molecule has 0 bridgehead atoms. The molecule has 0 aromatic rings. The standard InChI is InChI=1S/C9H19NO2/c1-3-9(11-4-2)12-10-7-5-6-8-10/h9H,3-8H2,1-2H3. The number of hydroxylamine groups is 2. The summed E-state index contributed by atoms with van der Waals surface area (Å²) in [6.45, 7) is 6.92. The summed E-state index contributed by atoms with van der Waals surface area (Å²) in [5.74, 6) is 0. The van der Waals surface area contributed by atoms with Crippen molar-refractivity contribution in [2.24, 2.45) is 0 Å². The number of rotatable bonds is 5. The van der Waals surface area contributed by atoms with E-state index in [0.717, 1.165) is 26.1 Å². The van der Waals surface area contributed by atoms with Gasteiger partial charge in [0, 0.05) is 19.7 Å². The van der Waals surface area contributed by atoms with E-state index in [2.05, 4.69) is 6.92 Å². The zero-order valence-electron chi connectivity index (χ0n) is 8.08. The first-order valence-electron chi connectivity index (χ1n) is 4.90. The molecule has 0 saturated carbocycles. The van der Waals surface area contributed by atoms with Crippen LogP contribution in [0.3, 0.4) is 0 Å². The van der Waals surface area contributed by atoms with Crippen molar-refractivity contribution in [2.75, 3.05) is 19.7 Å². The van der Waals surface area contributed by atoms with Gasteiger partial charge in [-0.3, -0.25) is 4.84 Å². The molecule has 1 atom stereocenters. The quantitative estimate of drug-likeness (QED) is 0.592. The first-order chi connectivity index (χ1) is 5.86. The fraction of sp³-hybridized carbons (Fsp3) is 1.00. The Morgan fingerprint density at radius 2 is 1.92 bits per heavy atom. The van der Waals surface area contributed by atoms with E-state index in [1.54, 1.807) is 0 Å². The van der Waals surface area contributed by atoms with Crippen LogP contribution in [-0.2, 0) is 9.57 Å². The van der Waals surface area contributed by atoms with Crippen LogP contribution in [0.5, 0.6) is 0 Å². The van der Waals surface area contributed by atoms with Gasteiger partial charge >= 0.3 is 0 Å². The second-order valence-electron chi connectivity index (χ2n) is 3.03. The highest BCUT2D eigenvalue weighted by molar-refractivity contribution is 4.57. The highest BCUT2D eigenvalue weighted by Crippen LogP contribution is 2.11. The molecule has 1 unspecified atom stereocenters. The molecule has 3 nitrogen and oxygen atoms in total. The summed E-state index contributed by atoms with van der Waals surface area (Å²) in [6, 6.07) is 0. The SMILES string of the molecule is CCOC(CC)ON1CCCC1. The maximum atomic E-state index is 5.61. The van der Waals surface area contributed by atoms with Gasteiger partial charge in [0.15, 0.2) is 6.29 Å². The van der Waals surface area contributed by atoms with Gasteiger partial charge in [0.1, 0.15) is 0 Å². The molecule has 1 fully saturated rings. The Morgan fingerprint density at radius 1 is 1.25 bits per heavy atom. The summed E-state index contributed by atoms with van der Waals surface area (Å²) >= 11 is 0. The largest absolute Gasteiger partial charge is 0.351 e. The third-order valence-corrected chi connectivity index (χ3v) is 2.02. The summed E-state index contributed by atoms with van der Waals surface area (Å²) in [5.41, 5.74) is 0. The van der Waals surface area contributed by atoms with Crippen LogP contribution in [0.25, 0.3) is 0 Å². The Balaban J connectivity index is 2.16. The van der Waals surface area contributed by atoms with Crippen LogP contribution in [0.4, 0.5) is 0 Å². The van der Waals surface area contributed by atoms with Gasteiger partial charge in [-0.2, -0.15) is 5.06 Å². The molecule has 12 heavy (non-hydrogen) atoms. The fourth-order valence-electron chi connectivity index (χ4n) is 1.37. The molecule has 1 aliphatic rings. The zero-order chi connectivity index (χ0) is 8.81. The van der Waals surface area contributed by atoms with Gasteiger partial charge in [-0.15, -0.1) is 0 Å². The predicted octanol–water partition coefficient (Wildman–Crippen LogP) is 1.79. The van der Waals surface area contributed by atoms with Crippen LogP contribution >= 0.6 is 0 Å². The van der Waals surface area contributed by atoms with Crippen LogP contribution in [0.15, 0.2) is 0 Å². The lowest BCUT2D eigenvalue weighted by Gasteiger charge is -2.22. The molecule has 0 spiro atoms. The molecule has 1 heterocycles. The van der Waals surface area contributed by atoms with Crippen molar-refractivity contribution in [2.45, 2.75) is 39.4 Å².